The molecule has 0 fully saturated rings. The first-order chi connectivity index (χ1) is 8.88. The third kappa shape index (κ3) is 3.50. The second kappa shape index (κ2) is 5.54. The second-order valence-electron chi connectivity index (χ2n) is 5.20. The summed E-state index contributed by atoms with van der Waals surface area (Å²) in [5, 5.41) is 1.48. The van der Waals surface area contributed by atoms with Gasteiger partial charge in [0.1, 0.15) is 0 Å². The summed E-state index contributed by atoms with van der Waals surface area (Å²) in [6, 6.07) is 13.7. The highest BCUT2D eigenvalue weighted by Gasteiger charge is 2.22. The molecule has 0 heterocycles. The Labute approximate surface area is 124 Å². The van der Waals surface area contributed by atoms with Crippen molar-refractivity contribution in [3.8, 4) is 0 Å². The standard InChI is InChI=1S/C16H17Cl2N/c1-11-3-4-12(15(18)9-11)10-16(2,19)13-5-7-14(17)8-6-13/h3-9H,10,19H2,1-2H3. The normalized spacial score (nSPS) is 14.2. The maximum atomic E-state index is 6.43. The topological polar surface area (TPSA) is 26.0 Å². The average molecular weight is 294 g/mol. The maximum absolute atomic E-state index is 6.43. The van der Waals surface area contributed by atoms with Crippen LogP contribution in [0.25, 0.3) is 0 Å². The van der Waals surface area contributed by atoms with Crippen molar-refractivity contribution >= 4 is 23.2 Å². The van der Waals surface area contributed by atoms with Gasteiger partial charge in [0, 0.05) is 15.6 Å². The molecule has 0 aromatic heterocycles. The Balaban J connectivity index is 2.27. The summed E-state index contributed by atoms with van der Waals surface area (Å²) in [6.45, 7) is 4.03. The minimum Gasteiger partial charge on any atom is -0.321 e. The van der Waals surface area contributed by atoms with Crippen LogP contribution in [0.4, 0.5) is 0 Å². The predicted molar refractivity (Wildman–Crippen MR) is 82.9 cm³/mol. The van der Waals surface area contributed by atoms with Gasteiger partial charge in [-0.1, -0.05) is 47.5 Å². The SMILES string of the molecule is Cc1ccc(CC(C)(N)c2ccc(Cl)cc2)c(Cl)c1. The molecule has 0 bridgehead atoms. The third-order valence-corrected chi connectivity index (χ3v) is 3.87. The van der Waals surface area contributed by atoms with E-state index in [4.69, 9.17) is 28.9 Å². The molecule has 1 unspecified atom stereocenters. The highest BCUT2D eigenvalue weighted by Crippen LogP contribution is 2.28. The first-order valence-corrected chi connectivity index (χ1v) is 6.94. The minimum absolute atomic E-state index is 0.469. The third-order valence-electron chi connectivity index (χ3n) is 3.27. The molecule has 100 valence electrons. The van der Waals surface area contributed by atoms with Crippen LogP contribution in [0.3, 0.4) is 0 Å². The number of hydrogen-bond donors (Lipinski definition) is 1. The van der Waals surface area contributed by atoms with Gasteiger partial charge in [-0.3, -0.25) is 0 Å². The van der Waals surface area contributed by atoms with Crippen molar-refractivity contribution in [3.05, 3.63) is 69.2 Å². The highest BCUT2D eigenvalue weighted by molar-refractivity contribution is 6.31. The van der Waals surface area contributed by atoms with E-state index in [-0.39, 0.29) is 0 Å². The van der Waals surface area contributed by atoms with Crippen molar-refractivity contribution < 1.29 is 0 Å². The molecule has 3 heteroatoms. The van der Waals surface area contributed by atoms with E-state index in [2.05, 4.69) is 6.07 Å². The van der Waals surface area contributed by atoms with Gasteiger partial charge in [-0.15, -0.1) is 0 Å². The van der Waals surface area contributed by atoms with E-state index in [9.17, 15) is 0 Å². The molecular weight excluding hydrogens is 277 g/mol. The van der Waals surface area contributed by atoms with Gasteiger partial charge < -0.3 is 5.73 Å². The number of halogens is 2. The number of nitrogens with two attached hydrogens (primary N) is 1. The van der Waals surface area contributed by atoms with Crippen LogP contribution >= 0.6 is 23.2 Å². The van der Waals surface area contributed by atoms with Gasteiger partial charge in [-0.05, 0) is 55.2 Å². The van der Waals surface area contributed by atoms with Crippen LogP contribution in [0.2, 0.25) is 10.0 Å². The molecule has 0 saturated heterocycles. The van der Waals surface area contributed by atoms with Crippen LogP contribution in [-0.2, 0) is 12.0 Å². The fourth-order valence-electron chi connectivity index (χ4n) is 2.12. The first kappa shape index (κ1) is 14.4. The number of hydrogen-bond acceptors (Lipinski definition) is 1. The Hall–Kier alpha value is -1.02. The Bertz CT molecular complexity index is 574. The van der Waals surface area contributed by atoms with Crippen LogP contribution in [0.15, 0.2) is 42.5 Å². The van der Waals surface area contributed by atoms with Gasteiger partial charge >= 0.3 is 0 Å². The van der Waals surface area contributed by atoms with Gasteiger partial charge in [0.15, 0.2) is 0 Å². The van der Waals surface area contributed by atoms with E-state index < -0.39 is 5.54 Å². The Morgan fingerprint density at radius 1 is 1.05 bits per heavy atom. The van der Waals surface area contributed by atoms with Crippen molar-refractivity contribution in [1.29, 1.82) is 0 Å². The molecule has 0 aliphatic carbocycles. The molecule has 1 nitrogen and oxygen atoms in total. The lowest BCUT2D eigenvalue weighted by molar-refractivity contribution is 0.491. The van der Waals surface area contributed by atoms with E-state index in [1.165, 1.54) is 0 Å². The second-order valence-corrected chi connectivity index (χ2v) is 6.04. The van der Waals surface area contributed by atoms with Gasteiger partial charge in [-0.2, -0.15) is 0 Å². The first-order valence-electron chi connectivity index (χ1n) is 6.18. The van der Waals surface area contributed by atoms with E-state index in [0.717, 1.165) is 21.7 Å². The van der Waals surface area contributed by atoms with Gasteiger partial charge in [0.05, 0.1) is 0 Å². The van der Waals surface area contributed by atoms with Crippen LogP contribution in [0, 0.1) is 6.92 Å². The quantitative estimate of drug-likeness (QED) is 0.871. The van der Waals surface area contributed by atoms with E-state index >= 15 is 0 Å². The highest BCUT2D eigenvalue weighted by atomic mass is 35.5. The molecule has 0 aliphatic heterocycles. The Morgan fingerprint density at radius 3 is 2.26 bits per heavy atom. The summed E-state index contributed by atoms with van der Waals surface area (Å²) in [5.41, 5.74) is 9.22. The number of aryl methyl sites for hydroxylation is 1. The zero-order valence-corrected chi connectivity index (χ0v) is 12.6. The molecule has 2 aromatic carbocycles. The van der Waals surface area contributed by atoms with E-state index in [1.54, 1.807) is 0 Å². The van der Waals surface area contributed by atoms with Gasteiger partial charge in [0.25, 0.3) is 0 Å². The largest absolute Gasteiger partial charge is 0.321 e. The maximum Gasteiger partial charge on any atom is 0.0441 e. The summed E-state index contributed by atoms with van der Waals surface area (Å²) in [7, 11) is 0. The van der Waals surface area contributed by atoms with E-state index in [1.807, 2.05) is 50.2 Å². The van der Waals surface area contributed by atoms with Crippen molar-refractivity contribution in [2.24, 2.45) is 5.73 Å². The molecule has 0 spiro atoms. The molecule has 19 heavy (non-hydrogen) atoms. The van der Waals surface area contributed by atoms with Crippen LogP contribution < -0.4 is 5.73 Å². The number of benzene rings is 2. The van der Waals surface area contributed by atoms with Crippen LogP contribution in [0.1, 0.15) is 23.6 Å². The Morgan fingerprint density at radius 2 is 1.68 bits per heavy atom. The smallest absolute Gasteiger partial charge is 0.0441 e. The molecular formula is C16H17Cl2N. The van der Waals surface area contributed by atoms with Gasteiger partial charge in [-0.25, -0.2) is 0 Å². The predicted octanol–water partition coefficient (Wildman–Crippen LogP) is 4.72. The molecule has 0 amide bonds. The van der Waals surface area contributed by atoms with Crippen molar-refractivity contribution in [2.75, 3.05) is 0 Å². The lowest BCUT2D eigenvalue weighted by Crippen LogP contribution is -2.35. The summed E-state index contributed by atoms with van der Waals surface area (Å²) < 4.78 is 0. The summed E-state index contributed by atoms with van der Waals surface area (Å²) in [4.78, 5) is 0. The molecule has 2 aromatic rings. The number of rotatable bonds is 3. The van der Waals surface area contributed by atoms with Crippen LogP contribution in [-0.4, -0.2) is 0 Å². The zero-order valence-electron chi connectivity index (χ0n) is 11.1. The molecule has 0 aliphatic rings. The average Bonchev–Trinajstić information content (AvgIpc) is 2.33. The van der Waals surface area contributed by atoms with Crippen LogP contribution in [0.5, 0.6) is 0 Å². The zero-order chi connectivity index (χ0) is 14.0. The summed E-state index contributed by atoms with van der Waals surface area (Å²) >= 11 is 12.2. The lowest BCUT2D eigenvalue weighted by atomic mass is 9.86. The molecule has 0 radical (unpaired) electrons. The lowest BCUT2D eigenvalue weighted by Gasteiger charge is -2.26. The minimum atomic E-state index is -0.469. The molecule has 2 N–H and O–H groups in total. The van der Waals surface area contributed by atoms with E-state index in [0.29, 0.717) is 11.4 Å². The fraction of sp³-hybridized carbons (Fsp3) is 0.250. The Kier molecular flexibility index (Phi) is 4.19. The van der Waals surface area contributed by atoms with Crippen molar-refractivity contribution in [1.82, 2.24) is 0 Å². The monoisotopic (exact) mass is 293 g/mol. The van der Waals surface area contributed by atoms with Crippen molar-refractivity contribution in [3.63, 3.8) is 0 Å². The molecule has 1 atom stereocenters. The molecule has 2 rings (SSSR count). The fourth-order valence-corrected chi connectivity index (χ4v) is 2.55. The van der Waals surface area contributed by atoms with Gasteiger partial charge in [0.2, 0.25) is 0 Å². The summed E-state index contributed by atoms with van der Waals surface area (Å²) in [5.74, 6) is 0. The molecule has 0 saturated carbocycles. The summed E-state index contributed by atoms with van der Waals surface area (Å²) in [6.07, 6.45) is 0.688. The van der Waals surface area contributed by atoms with Crippen molar-refractivity contribution in [2.45, 2.75) is 25.8 Å².